The lowest BCUT2D eigenvalue weighted by Gasteiger charge is -2.47. The predicted molar refractivity (Wildman–Crippen MR) is 243 cm³/mol. The zero-order valence-electron chi connectivity index (χ0n) is 37.7. The van der Waals surface area contributed by atoms with E-state index in [9.17, 15) is 24.6 Å². The highest BCUT2D eigenvalue weighted by Gasteiger charge is 2.52. The number of pyridine rings is 1. The number of Topliss-reactive ketones (excluding diaryl/α,β-unsaturated/α-hetero) is 2. The molecule has 346 valence electrons. The minimum atomic E-state index is -1.41. The summed E-state index contributed by atoms with van der Waals surface area (Å²) in [6, 6.07) is 6.70. The SMILES string of the molecule is CC#C/C=C\C#C[C@H](OC1OC(C)C(C)(C(=O)c2nccc3c2[nH]c2ccc(O)cc23)CC1OC1CC(OC)C(NC(C)C)CO1)C1=C(NC(=O)OC)C(=O)C[C@H](O)/C1=C/CSC(C)=O. The monoisotopic (exact) mass is 912 g/mol. The molecular formula is C48H56N4O12S. The van der Waals surface area contributed by atoms with Crippen LogP contribution in [-0.2, 0) is 38.0 Å². The molecule has 6 rings (SSSR count). The first kappa shape index (κ1) is 49.1. The van der Waals surface area contributed by atoms with Crippen LogP contribution in [0, 0.1) is 29.1 Å². The number of nitrogens with zero attached hydrogens (tertiary/aromatic N) is 1. The molecule has 4 heterocycles. The lowest BCUT2D eigenvalue weighted by atomic mass is 9.72. The highest BCUT2D eigenvalue weighted by molar-refractivity contribution is 8.13. The van der Waals surface area contributed by atoms with Crippen molar-refractivity contribution in [2.45, 2.75) is 116 Å². The van der Waals surface area contributed by atoms with Gasteiger partial charge in [-0.1, -0.05) is 49.4 Å². The van der Waals surface area contributed by atoms with Gasteiger partial charge in [-0.25, -0.2) is 4.79 Å². The molecule has 2 fully saturated rings. The summed E-state index contributed by atoms with van der Waals surface area (Å²) in [5, 5.41) is 28.9. The van der Waals surface area contributed by atoms with Crippen LogP contribution in [0.5, 0.6) is 5.75 Å². The van der Waals surface area contributed by atoms with Gasteiger partial charge in [-0.3, -0.25) is 24.7 Å². The maximum Gasteiger partial charge on any atom is 0.411 e. The number of methoxy groups -OCH3 is 2. The number of thioether (sulfide) groups is 1. The fraction of sp³-hybridized carbons (Fsp3) is 0.479. The van der Waals surface area contributed by atoms with E-state index in [1.807, 2.05) is 13.8 Å². The fourth-order valence-electron chi connectivity index (χ4n) is 8.28. The molecule has 1 amide bonds. The Morgan fingerprint density at radius 3 is 2.62 bits per heavy atom. The Hall–Kier alpha value is -5.34. The number of alkyl carbamates (subject to hydrolysis) is 1. The van der Waals surface area contributed by atoms with Crippen molar-refractivity contribution in [1.29, 1.82) is 0 Å². The molecule has 17 heteroatoms. The first-order valence-corrected chi connectivity index (χ1v) is 22.3. The molecule has 65 heavy (non-hydrogen) atoms. The Morgan fingerprint density at radius 2 is 1.91 bits per heavy atom. The minimum absolute atomic E-state index is 0.0138. The van der Waals surface area contributed by atoms with Gasteiger partial charge in [-0.05, 0) is 69.2 Å². The number of aromatic nitrogens is 2. The van der Waals surface area contributed by atoms with Crippen molar-refractivity contribution in [3.05, 3.63) is 71.2 Å². The van der Waals surface area contributed by atoms with Crippen LogP contribution >= 0.6 is 11.8 Å². The third kappa shape index (κ3) is 11.4. The Labute approximate surface area is 382 Å². The third-order valence-electron chi connectivity index (χ3n) is 11.7. The molecule has 9 atom stereocenters. The van der Waals surface area contributed by atoms with Crippen molar-refractivity contribution < 1.29 is 57.8 Å². The Kier molecular flexibility index (Phi) is 16.4. The number of carbonyl (C=O) groups is 4. The molecule has 3 aromatic rings. The molecule has 5 N–H and O–H groups in total. The van der Waals surface area contributed by atoms with Crippen molar-refractivity contribution in [2.24, 2.45) is 5.41 Å². The number of allylic oxidation sites excluding steroid dienone is 3. The van der Waals surface area contributed by atoms with Crippen molar-refractivity contribution in [2.75, 3.05) is 26.6 Å². The molecule has 1 aromatic carbocycles. The number of aromatic amines is 1. The number of hydrogen-bond acceptors (Lipinski definition) is 15. The van der Waals surface area contributed by atoms with Crippen LogP contribution in [-0.4, -0.2) is 125 Å². The van der Waals surface area contributed by atoms with Crippen molar-refractivity contribution in [1.82, 2.24) is 20.6 Å². The number of ketones is 2. The first-order chi connectivity index (χ1) is 31.1. The molecule has 2 saturated heterocycles. The minimum Gasteiger partial charge on any atom is -0.508 e. The van der Waals surface area contributed by atoms with Gasteiger partial charge in [0.1, 0.15) is 23.7 Å². The summed E-state index contributed by atoms with van der Waals surface area (Å²) < 4.78 is 37.4. The number of amides is 1. The fourth-order valence-corrected chi connectivity index (χ4v) is 8.78. The van der Waals surface area contributed by atoms with Crippen molar-refractivity contribution in [3.8, 4) is 29.4 Å². The number of rotatable bonds is 13. The maximum atomic E-state index is 15.0. The third-order valence-corrected chi connectivity index (χ3v) is 12.4. The second-order valence-electron chi connectivity index (χ2n) is 16.5. The van der Waals surface area contributed by atoms with Gasteiger partial charge < -0.3 is 48.9 Å². The number of phenols is 1. The number of nitrogens with one attached hydrogen (secondary N) is 3. The molecule has 0 spiro atoms. The smallest absolute Gasteiger partial charge is 0.411 e. The van der Waals surface area contributed by atoms with E-state index < -0.39 is 54.3 Å². The molecule has 0 bridgehead atoms. The normalized spacial score (nSPS) is 27.1. The lowest BCUT2D eigenvalue weighted by molar-refractivity contribution is -0.313. The average molecular weight is 913 g/mol. The number of benzene rings is 1. The lowest BCUT2D eigenvalue weighted by Crippen LogP contribution is -2.57. The second kappa shape index (κ2) is 21.8. The number of hydrogen-bond donors (Lipinski definition) is 5. The van der Waals surface area contributed by atoms with E-state index >= 15 is 4.79 Å². The van der Waals surface area contributed by atoms with Crippen LogP contribution in [0.2, 0.25) is 0 Å². The number of H-pyrrole nitrogens is 1. The van der Waals surface area contributed by atoms with Gasteiger partial charge in [0.2, 0.25) is 0 Å². The molecule has 7 unspecified atom stereocenters. The van der Waals surface area contributed by atoms with Crippen LogP contribution in [0.4, 0.5) is 4.79 Å². The van der Waals surface area contributed by atoms with Crippen molar-refractivity contribution >= 4 is 56.3 Å². The Morgan fingerprint density at radius 1 is 1.14 bits per heavy atom. The highest BCUT2D eigenvalue weighted by atomic mass is 32.2. The van der Waals surface area contributed by atoms with Crippen molar-refractivity contribution in [3.63, 3.8) is 0 Å². The Bertz CT molecular complexity index is 2510. The number of phenolic OH excluding ortho intramolecular Hbond substituents is 1. The van der Waals surface area contributed by atoms with Gasteiger partial charge in [-0.2, -0.15) is 0 Å². The number of fused-ring (bicyclic) bond motifs is 3. The van der Waals surface area contributed by atoms with Gasteiger partial charge in [0.05, 0.1) is 54.7 Å². The van der Waals surface area contributed by atoms with Crippen LogP contribution in [0.15, 0.2) is 65.5 Å². The number of carbonyl (C=O) groups excluding carboxylic acids is 4. The summed E-state index contributed by atoms with van der Waals surface area (Å²) in [7, 11) is 2.76. The van der Waals surface area contributed by atoms with Gasteiger partial charge in [-0.15, -0.1) is 5.92 Å². The van der Waals surface area contributed by atoms with Crippen LogP contribution in [0.3, 0.4) is 0 Å². The molecule has 0 saturated carbocycles. The second-order valence-corrected chi connectivity index (χ2v) is 17.6. The van der Waals surface area contributed by atoms with E-state index in [2.05, 4.69) is 44.3 Å². The molecule has 1 aliphatic carbocycles. The zero-order chi connectivity index (χ0) is 47.0. The largest absolute Gasteiger partial charge is 0.508 e. The highest BCUT2D eigenvalue weighted by Crippen LogP contribution is 2.44. The van der Waals surface area contributed by atoms with Gasteiger partial charge >= 0.3 is 6.09 Å². The van der Waals surface area contributed by atoms with E-state index in [-0.39, 0.29) is 82.6 Å². The van der Waals surface area contributed by atoms with Gasteiger partial charge in [0.25, 0.3) is 0 Å². The zero-order valence-corrected chi connectivity index (χ0v) is 38.5. The summed E-state index contributed by atoms with van der Waals surface area (Å²) >= 11 is 0.979. The molecule has 2 aliphatic heterocycles. The summed E-state index contributed by atoms with van der Waals surface area (Å²) in [5.41, 5.74) is 0.0331. The van der Waals surface area contributed by atoms with Crippen LogP contribution in [0.1, 0.15) is 71.3 Å². The standard InChI is InChI=1S/C48H56N4O12S/c1-9-10-11-12-13-14-37(41-31(18-20-65-28(5)53)35(55)22-36(56)43(41)52-47(58)60-8)64-46-39(63-40-23-38(59-7)34(25-61-40)50-26(2)3)24-48(6,27(4)62-46)45(57)44-42-30(17-19-49-44)32-21-29(54)15-16-33(32)51-42/h11-12,15-19,21,26-27,34-35,37-40,46,50-51,54-55H,20,22-25H2,1-8H3,(H,52,58)/b12-11-,31-18-/t27?,34?,35-,37-,38?,39?,40?,46?,48?/m0/s1. The average Bonchev–Trinajstić information content (AvgIpc) is 3.64. The summed E-state index contributed by atoms with van der Waals surface area (Å²) in [6.45, 7) is 10.9. The predicted octanol–water partition coefficient (Wildman–Crippen LogP) is 5.38. The number of ether oxygens (including phenoxy) is 6. The maximum absolute atomic E-state index is 15.0. The van der Waals surface area contributed by atoms with Gasteiger partial charge in [0.15, 0.2) is 29.3 Å². The van der Waals surface area contributed by atoms with Crippen LogP contribution < -0.4 is 10.6 Å². The van der Waals surface area contributed by atoms with E-state index in [4.69, 9.17) is 28.4 Å². The summed E-state index contributed by atoms with van der Waals surface area (Å²) in [4.78, 5) is 61.4. The molecule has 2 aromatic heterocycles. The van der Waals surface area contributed by atoms with E-state index in [0.717, 1.165) is 24.3 Å². The number of aromatic hydroxyl groups is 1. The van der Waals surface area contributed by atoms with Crippen LogP contribution in [0.25, 0.3) is 21.8 Å². The summed E-state index contributed by atoms with van der Waals surface area (Å²) in [6.07, 6.45) is -2.04. The number of aliphatic hydroxyl groups is 1. The van der Waals surface area contributed by atoms with Gasteiger partial charge in [0, 0.05) is 66.7 Å². The molecule has 16 nitrogen and oxygen atoms in total. The Balaban J connectivity index is 1.45. The molecule has 3 aliphatic rings. The molecular weight excluding hydrogens is 857 g/mol. The molecule has 0 radical (unpaired) electrons. The van der Waals surface area contributed by atoms with E-state index in [0.29, 0.717) is 22.8 Å². The van der Waals surface area contributed by atoms with E-state index in [1.165, 1.54) is 19.1 Å². The first-order valence-electron chi connectivity index (χ1n) is 21.3. The number of aliphatic hydroxyl groups excluding tert-OH is 1. The van der Waals surface area contributed by atoms with E-state index in [1.54, 1.807) is 64.4 Å². The summed E-state index contributed by atoms with van der Waals surface area (Å²) in [5.74, 6) is 10.7. The topological polar surface area (TPSA) is 217 Å². The quantitative estimate of drug-likeness (QED) is 0.108.